The van der Waals surface area contributed by atoms with E-state index in [1.165, 1.54) is 20.3 Å². The number of hydrazone groups is 1. The van der Waals surface area contributed by atoms with E-state index in [1.807, 2.05) is 17.0 Å². The van der Waals surface area contributed by atoms with Crippen molar-refractivity contribution in [3.63, 3.8) is 0 Å². The van der Waals surface area contributed by atoms with Gasteiger partial charge in [-0.2, -0.15) is 5.10 Å². The summed E-state index contributed by atoms with van der Waals surface area (Å²) < 4.78 is 29.5. The number of ether oxygens (including phenoxy) is 1. The molecule has 0 spiro atoms. The number of sulfone groups is 1. The van der Waals surface area contributed by atoms with Gasteiger partial charge in [0.2, 0.25) is 0 Å². The first-order chi connectivity index (χ1) is 15.6. The van der Waals surface area contributed by atoms with E-state index >= 15 is 0 Å². The zero-order valence-corrected chi connectivity index (χ0v) is 19.6. The van der Waals surface area contributed by atoms with Gasteiger partial charge < -0.3 is 15.3 Å². The Bertz CT molecular complexity index is 1340. The summed E-state index contributed by atoms with van der Waals surface area (Å²) in [6.45, 7) is 3.14. The van der Waals surface area contributed by atoms with Crippen LogP contribution in [0.2, 0.25) is 0 Å². The summed E-state index contributed by atoms with van der Waals surface area (Å²) in [4.78, 5) is 6.76. The van der Waals surface area contributed by atoms with Gasteiger partial charge in [-0.15, -0.1) is 0 Å². The second-order valence-electron chi connectivity index (χ2n) is 7.99. The molecule has 0 saturated heterocycles. The topological polar surface area (TPSA) is 127 Å². The van der Waals surface area contributed by atoms with Crippen molar-refractivity contribution in [3.05, 3.63) is 53.3 Å². The first-order valence-electron chi connectivity index (χ1n) is 10.2. The highest BCUT2D eigenvalue weighted by Crippen LogP contribution is 2.42. The van der Waals surface area contributed by atoms with Crippen LogP contribution in [0.15, 0.2) is 57.1 Å². The molecule has 1 unspecified atom stereocenters. The standard InChI is InChI=1S/C23H25N5O4S/c1-13(24)23(14(2)29)17-10-18-19(11-20(17)32-3)28-21(26-27-22(28)12-25-18)9-15-6-5-7-16(8-15)33(4,30)31/h5-8,10-12,21,24,26,29H,9H2,1-4H3/b23-14+,24-13?. The van der Waals surface area contributed by atoms with Crippen molar-refractivity contribution in [2.24, 2.45) is 10.1 Å². The summed E-state index contributed by atoms with van der Waals surface area (Å²) in [5, 5.41) is 22.6. The molecule has 2 aliphatic heterocycles. The van der Waals surface area contributed by atoms with Crippen LogP contribution in [-0.2, 0) is 16.3 Å². The van der Waals surface area contributed by atoms with E-state index in [9.17, 15) is 13.5 Å². The van der Waals surface area contributed by atoms with E-state index in [2.05, 4.69) is 15.5 Å². The molecular weight excluding hydrogens is 442 g/mol. The fourth-order valence-corrected chi connectivity index (χ4v) is 4.76. The third kappa shape index (κ3) is 4.21. The number of aliphatic hydroxyl groups is 1. The van der Waals surface area contributed by atoms with E-state index in [1.54, 1.807) is 37.4 Å². The number of aliphatic hydroxyl groups excluding tert-OH is 1. The van der Waals surface area contributed by atoms with E-state index in [-0.39, 0.29) is 22.5 Å². The number of fused-ring (bicyclic) bond motifs is 3. The van der Waals surface area contributed by atoms with Crippen molar-refractivity contribution in [3.8, 4) is 5.75 Å². The second-order valence-corrected chi connectivity index (χ2v) is 10.0. The molecule has 0 aromatic heterocycles. The number of hydrogen-bond donors (Lipinski definition) is 3. The second kappa shape index (κ2) is 8.36. The number of nitrogens with zero attached hydrogens (tertiary/aromatic N) is 3. The number of nitrogens with one attached hydrogen (secondary N) is 2. The molecule has 2 heterocycles. The lowest BCUT2D eigenvalue weighted by molar-refractivity contribution is 0.408. The summed E-state index contributed by atoms with van der Waals surface area (Å²) in [5.41, 5.74) is 6.52. The van der Waals surface area contributed by atoms with Gasteiger partial charge in [-0.25, -0.2) is 8.42 Å². The minimum absolute atomic E-state index is 0.0225. The van der Waals surface area contributed by atoms with Crippen LogP contribution in [0, 0.1) is 5.41 Å². The van der Waals surface area contributed by atoms with Crippen molar-refractivity contribution in [2.75, 3.05) is 18.3 Å². The molecule has 2 aromatic carbocycles. The Hall–Kier alpha value is -3.66. The van der Waals surface area contributed by atoms with Crippen LogP contribution >= 0.6 is 0 Å². The predicted octanol–water partition coefficient (Wildman–Crippen LogP) is 3.44. The predicted molar refractivity (Wildman–Crippen MR) is 130 cm³/mol. The van der Waals surface area contributed by atoms with Crippen molar-refractivity contribution in [1.29, 1.82) is 5.41 Å². The number of hydrogen-bond acceptors (Lipinski definition) is 9. The number of anilines is 1. The van der Waals surface area contributed by atoms with E-state index in [4.69, 9.17) is 10.1 Å². The van der Waals surface area contributed by atoms with Crippen LogP contribution < -0.4 is 15.1 Å². The van der Waals surface area contributed by atoms with Gasteiger partial charge in [-0.05, 0) is 37.6 Å². The largest absolute Gasteiger partial charge is 0.512 e. The van der Waals surface area contributed by atoms with E-state index in [0.29, 0.717) is 34.8 Å². The van der Waals surface area contributed by atoms with Gasteiger partial charge in [-0.1, -0.05) is 12.1 Å². The molecule has 0 amide bonds. The molecule has 0 radical (unpaired) electrons. The summed E-state index contributed by atoms with van der Waals surface area (Å²) in [7, 11) is -1.78. The minimum atomic E-state index is -3.31. The Balaban J connectivity index is 1.74. The third-order valence-electron chi connectivity index (χ3n) is 5.52. The molecule has 0 bridgehead atoms. The molecule has 0 fully saturated rings. The van der Waals surface area contributed by atoms with Gasteiger partial charge in [0.1, 0.15) is 11.9 Å². The highest BCUT2D eigenvalue weighted by Gasteiger charge is 2.33. The van der Waals surface area contributed by atoms with Gasteiger partial charge in [0.25, 0.3) is 0 Å². The van der Waals surface area contributed by atoms with Gasteiger partial charge in [-0.3, -0.25) is 15.3 Å². The molecule has 10 heteroatoms. The first kappa shape index (κ1) is 22.5. The minimum Gasteiger partial charge on any atom is -0.512 e. The lowest BCUT2D eigenvalue weighted by Gasteiger charge is -2.30. The molecule has 9 nitrogen and oxygen atoms in total. The molecule has 33 heavy (non-hydrogen) atoms. The quantitative estimate of drug-likeness (QED) is 0.441. The van der Waals surface area contributed by atoms with Crippen LogP contribution in [0.3, 0.4) is 0 Å². The first-order valence-corrected chi connectivity index (χ1v) is 12.1. The average Bonchev–Trinajstić information content (AvgIpc) is 3.15. The fraction of sp³-hybridized carbons (Fsp3) is 0.261. The summed E-state index contributed by atoms with van der Waals surface area (Å²) in [6, 6.07) is 10.5. The zero-order chi connectivity index (χ0) is 23.9. The molecule has 2 aromatic rings. The molecule has 172 valence electrons. The van der Waals surface area contributed by atoms with Crippen LogP contribution in [-0.4, -0.2) is 50.8 Å². The zero-order valence-electron chi connectivity index (χ0n) is 18.7. The fourth-order valence-electron chi connectivity index (χ4n) is 4.07. The Morgan fingerprint density at radius 2 is 2.03 bits per heavy atom. The van der Waals surface area contributed by atoms with E-state index < -0.39 is 9.84 Å². The number of allylic oxidation sites excluding steroid dienone is 2. The molecule has 2 aliphatic rings. The van der Waals surface area contributed by atoms with Crippen LogP contribution in [0.1, 0.15) is 25.0 Å². The normalized spacial score (nSPS) is 17.5. The molecule has 0 aliphatic carbocycles. The van der Waals surface area contributed by atoms with Crippen molar-refractivity contribution >= 4 is 44.5 Å². The Morgan fingerprint density at radius 1 is 1.27 bits per heavy atom. The number of rotatable bonds is 6. The SMILES string of the molecule is COc1cc2c(cc1/C(C(C)=N)=C(\C)O)N=CC1=NNC(Cc3cccc(S(C)(=O)=O)c3)N12. The van der Waals surface area contributed by atoms with Gasteiger partial charge in [0, 0.05) is 35.6 Å². The van der Waals surface area contributed by atoms with Crippen molar-refractivity contribution < 1.29 is 18.3 Å². The van der Waals surface area contributed by atoms with E-state index in [0.717, 1.165) is 11.3 Å². The summed E-state index contributed by atoms with van der Waals surface area (Å²) in [6.07, 6.45) is 3.06. The summed E-state index contributed by atoms with van der Waals surface area (Å²) >= 11 is 0. The number of benzene rings is 2. The Morgan fingerprint density at radius 3 is 2.67 bits per heavy atom. The highest BCUT2D eigenvalue weighted by atomic mass is 32.2. The van der Waals surface area contributed by atoms with Crippen molar-refractivity contribution in [1.82, 2.24) is 5.43 Å². The average molecular weight is 468 g/mol. The highest BCUT2D eigenvalue weighted by molar-refractivity contribution is 7.90. The van der Waals surface area contributed by atoms with Crippen LogP contribution in [0.25, 0.3) is 5.57 Å². The molecule has 0 saturated carbocycles. The lowest BCUT2D eigenvalue weighted by Crippen LogP contribution is -2.43. The van der Waals surface area contributed by atoms with Gasteiger partial charge in [0.15, 0.2) is 15.7 Å². The van der Waals surface area contributed by atoms with Crippen LogP contribution in [0.4, 0.5) is 11.4 Å². The number of methoxy groups -OCH3 is 1. The molecular formula is C23H25N5O4S. The Kier molecular flexibility index (Phi) is 5.71. The molecule has 1 atom stereocenters. The van der Waals surface area contributed by atoms with Gasteiger partial charge in [0.05, 0.1) is 35.4 Å². The maximum Gasteiger partial charge on any atom is 0.175 e. The summed E-state index contributed by atoms with van der Waals surface area (Å²) in [5.74, 6) is 1.14. The van der Waals surface area contributed by atoms with Crippen LogP contribution in [0.5, 0.6) is 5.75 Å². The number of aliphatic imine (C=N–C) groups is 1. The van der Waals surface area contributed by atoms with Gasteiger partial charge >= 0.3 is 0 Å². The maximum atomic E-state index is 12.0. The number of amidine groups is 1. The Labute approximate surface area is 192 Å². The molecule has 4 rings (SSSR count). The molecule has 3 N–H and O–H groups in total. The smallest absolute Gasteiger partial charge is 0.175 e. The van der Waals surface area contributed by atoms with Crippen molar-refractivity contribution in [2.45, 2.75) is 31.3 Å². The maximum absolute atomic E-state index is 12.0. The third-order valence-corrected chi connectivity index (χ3v) is 6.63. The monoisotopic (exact) mass is 467 g/mol. The lowest BCUT2D eigenvalue weighted by atomic mass is 9.97.